The molecule has 0 aromatic rings. The molecule has 1 aliphatic heterocycles. The van der Waals surface area contributed by atoms with E-state index in [-0.39, 0.29) is 0 Å². The highest BCUT2D eigenvalue weighted by Gasteiger charge is 2.31. The van der Waals surface area contributed by atoms with Crippen molar-refractivity contribution >= 4 is 8.32 Å². The van der Waals surface area contributed by atoms with Gasteiger partial charge in [-0.2, -0.15) is 0 Å². The summed E-state index contributed by atoms with van der Waals surface area (Å²) in [6, 6.07) is 3.62. The molecule has 0 unspecified atom stereocenters. The van der Waals surface area contributed by atoms with Crippen LogP contribution in [0, 0.1) is 0 Å². The van der Waals surface area contributed by atoms with Crippen molar-refractivity contribution in [3.63, 3.8) is 0 Å². The summed E-state index contributed by atoms with van der Waals surface area (Å²) in [5.74, 6) is 1.10. The maximum atomic E-state index is 6.28. The van der Waals surface area contributed by atoms with Gasteiger partial charge in [-0.3, -0.25) is 0 Å². The van der Waals surface area contributed by atoms with Gasteiger partial charge in [-0.15, -0.1) is 0 Å². The van der Waals surface area contributed by atoms with E-state index in [9.17, 15) is 0 Å². The van der Waals surface area contributed by atoms with Crippen molar-refractivity contribution < 1.29 is 9.16 Å². The zero-order chi connectivity index (χ0) is 11.1. The number of allylic oxidation sites excluding steroid dienone is 1. The molecule has 2 nitrogen and oxygen atoms in total. The molecule has 15 heavy (non-hydrogen) atoms. The van der Waals surface area contributed by atoms with E-state index in [1.807, 2.05) is 0 Å². The molecule has 0 amide bonds. The lowest BCUT2D eigenvalue weighted by Crippen LogP contribution is -2.36. The van der Waals surface area contributed by atoms with Gasteiger partial charge in [0.2, 0.25) is 8.32 Å². The minimum Gasteiger partial charge on any atom is -0.545 e. The number of ether oxygens (including phenoxy) is 1. The lowest BCUT2D eigenvalue weighted by Gasteiger charge is -2.30. The van der Waals surface area contributed by atoms with E-state index in [0.29, 0.717) is 6.61 Å². The van der Waals surface area contributed by atoms with Crippen molar-refractivity contribution in [1.82, 2.24) is 0 Å². The fourth-order valence-corrected chi connectivity index (χ4v) is 4.63. The van der Waals surface area contributed by atoms with Gasteiger partial charge in [-0.05, 0) is 37.0 Å². The van der Waals surface area contributed by atoms with Crippen LogP contribution < -0.4 is 0 Å². The lowest BCUT2D eigenvalue weighted by atomic mass is 10.3. The van der Waals surface area contributed by atoms with Crippen LogP contribution in [0.25, 0.3) is 0 Å². The average Bonchev–Trinajstić information content (AvgIpc) is 2.54. The van der Waals surface area contributed by atoms with Crippen LogP contribution in [0.15, 0.2) is 11.8 Å². The predicted octanol–water partition coefficient (Wildman–Crippen LogP) is 3.70. The molecule has 0 aromatic heterocycles. The zero-order valence-corrected chi connectivity index (χ0v) is 11.3. The third-order valence-corrected chi connectivity index (χ3v) is 7.95. The first-order valence-electron chi connectivity index (χ1n) is 6.22. The highest BCUT2D eigenvalue weighted by atomic mass is 28.4. The van der Waals surface area contributed by atoms with Crippen LogP contribution in [-0.2, 0) is 9.16 Å². The monoisotopic (exact) mass is 228 g/mol. The minimum absolute atomic E-state index is 0.689. The van der Waals surface area contributed by atoms with Crippen molar-refractivity contribution in [1.29, 1.82) is 0 Å². The SMILES string of the molecule is CC[Si](CC)(CC)OC1=CCCCOC1. The van der Waals surface area contributed by atoms with Gasteiger partial charge < -0.3 is 9.16 Å². The maximum Gasteiger partial charge on any atom is 0.250 e. The summed E-state index contributed by atoms with van der Waals surface area (Å²) in [6.45, 7) is 8.35. The van der Waals surface area contributed by atoms with Crippen LogP contribution in [0.2, 0.25) is 18.1 Å². The van der Waals surface area contributed by atoms with Crippen LogP contribution in [0.4, 0.5) is 0 Å². The molecular formula is C12H24O2Si. The van der Waals surface area contributed by atoms with Crippen molar-refractivity contribution in [2.45, 2.75) is 51.7 Å². The lowest BCUT2D eigenvalue weighted by molar-refractivity contribution is 0.135. The van der Waals surface area contributed by atoms with Crippen molar-refractivity contribution in [3.05, 3.63) is 11.8 Å². The Labute approximate surface area is 94.8 Å². The second-order valence-electron chi connectivity index (χ2n) is 4.21. The molecule has 0 aromatic carbocycles. The van der Waals surface area contributed by atoms with Crippen LogP contribution in [0.1, 0.15) is 33.6 Å². The summed E-state index contributed by atoms with van der Waals surface area (Å²) in [6.07, 6.45) is 4.47. The molecule has 3 heteroatoms. The van der Waals surface area contributed by atoms with E-state index < -0.39 is 8.32 Å². The van der Waals surface area contributed by atoms with Gasteiger partial charge in [0.05, 0.1) is 0 Å². The maximum absolute atomic E-state index is 6.28. The van der Waals surface area contributed by atoms with Gasteiger partial charge in [-0.1, -0.05) is 20.8 Å². The van der Waals surface area contributed by atoms with Gasteiger partial charge in [0.1, 0.15) is 12.4 Å². The summed E-state index contributed by atoms with van der Waals surface area (Å²) in [4.78, 5) is 0. The quantitative estimate of drug-likeness (QED) is 0.668. The molecule has 0 aliphatic carbocycles. The van der Waals surface area contributed by atoms with E-state index in [2.05, 4.69) is 26.8 Å². The van der Waals surface area contributed by atoms with Crippen molar-refractivity contribution in [3.8, 4) is 0 Å². The first kappa shape index (κ1) is 12.8. The second kappa shape index (κ2) is 6.33. The smallest absolute Gasteiger partial charge is 0.250 e. The van der Waals surface area contributed by atoms with E-state index in [1.165, 1.54) is 18.1 Å². The molecule has 0 bridgehead atoms. The Kier molecular flexibility index (Phi) is 5.40. The normalized spacial score (nSPS) is 18.2. The molecule has 0 spiro atoms. The van der Waals surface area contributed by atoms with Crippen LogP contribution >= 0.6 is 0 Å². The van der Waals surface area contributed by atoms with Crippen molar-refractivity contribution in [2.24, 2.45) is 0 Å². The standard InChI is InChI=1S/C12H24O2Si/c1-4-15(5-2,6-3)14-12-9-7-8-10-13-11-12/h9H,4-8,10-11H2,1-3H3. The molecule has 0 saturated carbocycles. The summed E-state index contributed by atoms with van der Waals surface area (Å²) in [5, 5.41) is 0. The Morgan fingerprint density at radius 3 is 2.53 bits per heavy atom. The predicted molar refractivity (Wildman–Crippen MR) is 66.4 cm³/mol. The average molecular weight is 228 g/mol. The van der Waals surface area contributed by atoms with E-state index in [0.717, 1.165) is 25.2 Å². The van der Waals surface area contributed by atoms with Crippen LogP contribution in [0.5, 0.6) is 0 Å². The molecule has 0 atom stereocenters. The van der Waals surface area contributed by atoms with Crippen molar-refractivity contribution in [2.75, 3.05) is 13.2 Å². The van der Waals surface area contributed by atoms with Crippen LogP contribution in [-0.4, -0.2) is 21.5 Å². The van der Waals surface area contributed by atoms with E-state index in [4.69, 9.17) is 9.16 Å². The summed E-state index contributed by atoms with van der Waals surface area (Å²) in [5.41, 5.74) is 0. The number of hydrogen-bond donors (Lipinski definition) is 0. The zero-order valence-electron chi connectivity index (χ0n) is 10.3. The Hall–Kier alpha value is -0.283. The Bertz CT molecular complexity index is 201. The Morgan fingerprint density at radius 2 is 1.93 bits per heavy atom. The van der Waals surface area contributed by atoms with Gasteiger partial charge >= 0.3 is 0 Å². The summed E-state index contributed by atoms with van der Waals surface area (Å²) < 4.78 is 11.8. The minimum atomic E-state index is -1.48. The molecular weight excluding hydrogens is 204 g/mol. The van der Waals surface area contributed by atoms with Gasteiger partial charge in [-0.25, -0.2) is 0 Å². The second-order valence-corrected chi connectivity index (χ2v) is 8.90. The largest absolute Gasteiger partial charge is 0.545 e. The third kappa shape index (κ3) is 3.65. The first-order chi connectivity index (χ1) is 7.26. The van der Waals surface area contributed by atoms with Gasteiger partial charge in [0.25, 0.3) is 0 Å². The molecule has 0 N–H and O–H groups in total. The molecule has 0 radical (unpaired) electrons. The highest BCUT2D eigenvalue weighted by Crippen LogP contribution is 2.25. The molecule has 0 saturated heterocycles. The number of hydrogen-bond acceptors (Lipinski definition) is 2. The summed E-state index contributed by atoms with van der Waals surface area (Å²) >= 11 is 0. The molecule has 1 rings (SSSR count). The molecule has 88 valence electrons. The molecule has 1 heterocycles. The van der Waals surface area contributed by atoms with Crippen LogP contribution in [0.3, 0.4) is 0 Å². The molecule has 1 aliphatic rings. The highest BCUT2D eigenvalue weighted by molar-refractivity contribution is 6.73. The van der Waals surface area contributed by atoms with Gasteiger partial charge in [0, 0.05) is 6.61 Å². The topological polar surface area (TPSA) is 18.5 Å². The fourth-order valence-electron chi connectivity index (χ4n) is 2.00. The van der Waals surface area contributed by atoms with Gasteiger partial charge in [0.15, 0.2) is 0 Å². The fraction of sp³-hybridized carbons (Fsp3) is 0.833. The van der Waals surface area contributed by atoms with E-state index >= 15 is 0 Å². The first-order valence-corrected chi connectivity index (χ1v) is 8.75. The summed E-state index contributed by atoms with van der Waals surface area (Å²) in [7, 11) is -1.48. The van der Waals surface area contributed by atoms with E-state index in [1.54, 1.807) is 0 Å². The third-order valence-electron chi connectivity index (χ3n) is 3.39. The Balaban J connectivity index is 2.59. The molecule has 0 fully saturated rings. The Morgan fingerprint density at radius 1 is 1.27 bits per heavy atom. The number of rotatable bonds is 5.